The third-order valence-electron chi connectivity index (χ3n) is 5.97. The monoisotopic (exact) mass is 418 g/mol. The molecule has 2 fully saturated rings. The number of nitrogens with zero attached hydrogens (tertiary/aromatic N) is 3. The lowest BCUT2D eigenvalue weighted by molar-refractivity contribution is -0.141. The van der Waals surface area contributed by atoms with Crippen molar-refractivity contribution in [2.75, 3.05) is 32.7 Å². The molecule has 3 aliphatic heterocycles. The van der Waals surface area contributed by atoms with Crippen molar-refractivity contribution in [3.8, 4) is 0 Å². The molecule has 4 rings (SSSR count). The molecule has 30 heavy (non-hydrogen) atoms. The Balaban J connectivity index is 0.000000806. The lowest BCUT2D eigenvalue weighted by atomic mass is 9.78. The molecule has 162 valence electrons. The fraction of sp³-hybridized carbons (Fsp3) is 0.550. The molecule has 3 aliphatic rings. The zero-order chi connectivity index (χ0) is 21.8. The molecule has 0 unspecified atom stereocenters. The van der Waals surface area contributed by atoms with E-state index in [1.165, 1.54) is 6.07 Å². The lowest BCUT2D eigenvalue weighted by Gasteiger charge is -2.47. The van der Waals surface area contributed by atoms with E-state index in [9.17, 15) is 19.2 Å². The summed E-state index contributed by atoms with van der Waals surface area (Å²) in [5.41, 5.74) is 0.646. The van der Waals surface area contributed by atoms with E-state index in [-0.39, 0.29) is 48.0 Å². The number of carbonyl (C=O) groups excluding carboxylic acids is 3. The van der Waals surface area contributed by atoms with Crippen LogP contribution in [0.1, 0.15) is 37.4 Å². The second-order valence-electron chi connectivity index (χ2n) is 7.75. The maximum Gasteiger partial charge on any atom is 0.290 e. The molecule has 3 atom stereocenters. The number of carboxylic acid groups (broad SMARTS) is 1. The van der Waals surface area contributed by atoms with E-state index >= 15 is 0 Å². The number of aromatic nitrogens is 1. The number of rotatable bonds is 1. The summed E-state index contributed by atoms with van der Waals surface area (Å²) < 4.78 is 1.64. The minimum Gasteiger partial charge on any atom is -0.483 e. The molecule has 1 aromatic heterocycles. The fourth-order valence-corrected chi connectivity index (χ4v) is 4.68. The van der Waals surface area contributed by atoms with Gasteiger partial charge in [-0.1, -0.05) is 6.07 Å². The predicted molar refractivity (Wildman–Crippen MR) is 106 cm³/mol. The summed E-state index contributed by atoms with van der Waals surface area (Å²) in [5.74, 6) is -0.230. The molecule has 10 heteroatoms. The van der Waals surface area contributed by atoms with Gasteiger partial charge >= 0.3 is 0 Å². The highest BCUT2D eigenvalue weighted by Crippen LogP contribution is 2.41. The smallest absolute Gasteiger partial charge is 0.290 e. The number of carbonyl (C=O) groups is 4. The molecule has 10 nitrogen and oxygen atoms in total. The summed E-state index contributed by atoms with van der Waals surface area (Å²) in [6.07, 6.45) is 1.05. The van der Waals surface area contributed by atoms with Crippen molar-refractivity contribution in [1.29, 1.82) is 0 Å². The van der Waals surface area contributed by atoms with E-state index in [1.54, 1.807) is 27.4 Å². The summed E-state index contributed by atoms with van der Waals surface area (Å²) in [6.45, 7) is 3.56. The minimum absolute atomic E-state index is 0.00723. The molecule has 0 saturated carbocycles. The first-order valence-corrected chi connectivity index (χ1v) is 9.97. The van der Waals surface area contributed by atoms with Gasteiger partial charge in [0.25, 0.3) is 12.0 Å². The number of piperidine rings is 1. The number of amides is 3. The van der Waals surface area contributed by atoms with Crippen LogP contribution in [0.2, 0.25) is 0 Å². The molecule has 3 amide bonds. The standard InChI is InChI=1S/C19H24N4O4.CH2O2/c1-12(24)22-10-13-9-14(11-22)18(23-15(13)3-2-4-17(23)26)19(27)21-7-5-16(25)20-6-8-21;2-1-3/h2-4,13-14,18H,5-11H2,1H3,(H,20,25);1H,(H,2,3)/t13-,14+,18-;/m1./s1. The van der Waals surface area contributed by atoms with Crippen LogP contribution in [-0.4, -0.2) is 76.4 Å². The summed E-state index contributed by atoms with van der Waals surface area (Å²) in [7, 11) is 0. The highest BCUT2D eigenvalue weighted by atomic mass is 16.3. The average Bonchev–Trinajstić information content (AvgIpc) is 2.93. The lowest BCUT2D eigenvalue weighted by Crippen LogP contribution is -2.55. The molecule has 1 aromatic rings. The van der Waals surface area contributed by atoms with Crippen molar-refractivity contribution in [3.63, 3.8) is 0 Å². The van der Waals surface area contributed by atoms with Gasteiger partial charge in [-0.05, 0) is 12.5 Å². The average molecular weight is 418 g/mol. The van der Waals surface area contributed by atoms with Gasteiger partial charge in [-0.3, -0.25) is 28.5 Å². The zero-order valence-electron chi connectivity index (χ0n) is 16.8. The van der Waals surface area contributed by atoms with Crippen molar-refractivity contribution >= 4 is 24.2 Å². The van der Waals surface area contributed by atoms with Crippen molar-refractivity contribution in [3.05, 3.63) is 34.2 Å². The van der Waals surface area contributed by atoms with Gasteiger partial charge in [0.1, 0.15) is 6.04 Å². The first-order valence-electron chi connectivity index (χ1n) is 9.97. The van der Waals surface area contributed by atoms with Crippen LogP contribution >= 0.6 is 0 Å². The van der Waals surface area contributed by atoms with Crippen LogP contribution in [0.15, 0.2) is 23.0 Å². The van der Waals surface area contributed by atoms with Crippen molar-refractivity contribution in [2.24, 2.45) is 5.92 Å². The van der Waals surface area contributed by atoms with Gasteiger partial charge in [-0.15, -0.1) is 0 Å². The molecular formula is C20H26N4O6. The minimum atomic E-state index is -0.625. The molecule has 0 aromatic carbocycles. The van der Waals surface area contributed by atoms with Crippen molar-refractivity contribution < 1.29 is 24.3 Å². The van der Waals surface area contributed by atoms with Crippen LogP contribution in [0.4, 0.5) is 0 Å². The third-order valence-corrected chi connectivity index (χ3v) is 5.97. The molecule has 0 radical (unpaired) electrons. The molecule has 2 saturated heterocycles. The van der Waals surface area contributed by atoms with Crippen molar-refractivity contribution in [2.45, 2.75) is 31.7 Å². The number of fused-ring (bicyclic) bond motifs is 4. The Bertz CT molecular complexity index is 898. The number of nitrogens with one attached hydrogen (secondary N) is 1. The SMILES string of the molecule is CC(=O)N1C[C@H]2C[C@@H](C1)[C@H](C(=O)N1CCNC(=O)CC1)n1c2cccc1=O.O=CO. The van der Waals surface area contributed by atoms with Gasteiger partial charge in [-0.2, -0.15) is 0 Å². The van der Waals surface area contributed by atoms with Crippen LogP contribution in [0.25, 0.3) is 0 Å². The van der Waals surface area contributed by atoms with E-state index < -0.39 is 6.04 Å². The first kappa shape index (κ1) is 21.5. The van der Waals surface area contributed by atoms with Crippen LogP contribution in [0.5, 0.6) is 0 Å². The van der Waals surface area contributed by atoms with Gasteiger partial charge < -0.3 is 20.2 Å². The molecule has 2 N–H and O–H groups in total. The normalized spacial score (nSPS) is 25.1. The largest absolute Gasteiger partial charge is 0.483 e. The molecule has 4 heterocycles. The number of hydrogen-bond acceptors (Lipinski definition) is 5. The summed E-state index contributed by atoms with van der Waals surface area (Å²) >= 11 is 0. The highest BCUT2D eigenvalue weighted by molar-refractivity contribution is 5.83. The third kappa shape index (κ3) is 4.22. The molecular weight excluding hydrogens is 392 g/mol. The quantitative estimate of drug-likeness (QED) is 0.586. The Morgan fingerprint density at radius 1 is 1.17 bits per heavy atom. The molecule has 0 spiro atoms. The zero-order valence-corrected chi connectivity index (χ0v) is 16.8. The summed E-state index contributed by atoms with van der Waals surface area (Å²) in [5, 5.41) is 9.66. The second kappa shape index (κ2) is 9.10. The Kier molecular flexibility index (Phi) is 6.53. The summed E-state index contributed by atoms with van der Waals surface area (Å²) in [4.78, 5) is 61.5. The van der Waals surface area contributed by atoms with Gasteiger partial charge in [0.15, 0.2) is 0 Å². The van der Waals surface area contributed by atoms with Crippen LogP contribution in [-0.2, 0) is 19.2 Å². The maximum atomic E-state index is 13.4. The summed E-state index contributed by atoms with van der Waals surface area (Å²) in [6, 6.07) is 4.47. The van der Waals surface area contributed by atoms with Gasteiger partial charge in [-0.25, -0.2) is 0 Å². The number of hydrogen-bond donors (Lipinski definition) is 2. The van der Waals surface area contributed by atoms with Gasteiger partial charge in [0, 0.05) is 69.7 Å². The Labute approximate surface area is 173 Å². The number of likely N-dealkylation sites (tertiary alicyclic amines) is 1. The van der Waals surface area contributed by atoms with E-state index in [0.29, 0.717) is 32.7 Å². The van der Waals surface area contributed by atoms with E-state index in [4.69, 9.17) is 9.90 Å². The van der Waals surface area contributed by atoms with Crippen LogP contribution in [0.3, 0.4) is 0 Å². The van der Waals surface area contributed by atoms with Crippen molar-refractivity contribution in [1.82, 2.24) is 19.7 Å². The second-order valence-corrected chi connectivity index (χ2v) is 7.75. The predicted octanol–water partition coefficient (Wildman–Crippen LogP) is -0.596. The van der Waals surface area contributed by atoms with E-state index in [1.807, 2.05) is 6.07 Å². The molecule has 0 aliphatic carbocycles. The van der Waals surface area contributed by atoms with Crippen LogP contribution < -0.4 is 10.9 Å². The van der Waals surface area contributed by atoms with Gasteiger partial charge in [0.05, 0.1) is 0 Å². The van der Waals surface area contributed by atoms with E-state index in [0.717, 1.165) is 12.1 Å². The van der Waals surface area contributed by atoms with Gasteiger partial charge in [0.2, 0.25) is 17.7 Å². The number of pyridine rings is 1. The highest BCUT2D eigenvalue weighted by Gasteiger charge is 2.45. The van der Waals surface area contributed by atoms with E-state index in [2.05, 4.69) is 5.32 Å². The topological polar surface area (TPSA) is 129 Å². The Morgan fingerprint density at radius 3 is 2.60 bits per heavy atom. The fourth-order valence-electron chi connectivity index (χ4n) is 4.68. The Hall–Kier alpha value is -3.17. The Morgan fingerprint density at radius 2 is 1.90 bits per heavy atom. The van der Waals surface area contributed by atoms with Crippen LogP contribution in [0, 0.1) is 5.92 Å². The maximum absolute atomic E-state index is 13.4. The molecule has 2 bridgehead atoms. The first-order chi connectivity index (χ1) is 14.4.